The number of fused-ring (bicyclic) bond motifs is 1. The molecule has 5 heteroatoms. The molecule has 1 fully saturated rings. The van der Waals surface area contributed by atoms with Gasteiger partial charge in [0.15, 0.2) is 0 Å². The van der Waals surface area contributed by atoms with Gasteiger partial charge >= 0.3 is 0 Å². The minimum atomic E-state index is 0.0190. The molecule has 3 rings (SSSR count). The normalized spacial score (nSPS) is 18.9. The molecular weight excluding hydrogens is 242 g/mol. The van der Waals surface area contributed by atoms with Crippen LogP contribution in [-0.2, 0) is 11.2 Å². The molecule has 0 spiro atoms. The van der Waals surface area contributed by atoms with Gasteiger partial charge in [-0.1, -0.05) is 0 Å². The van der Waals surface area contributed by atoms with Crippen molar-refractivity contribution in [1.82, 2.24) is 0 Å². The number of hydrogen-bond donors (Lipinski definition) is 4. The average Bonchev–Trinajstić information content (AvgIpc) is 3.02. The number of hydrogen-bond acceptors (Lipinski definition) is 4. The fourth-order valence-corrected chi connectivity index (χ4v) is 2.66. The van der Waals surface area contributed by atoms with Crippen LogP contribution in [0.15, 0.2) is 12.1 Å². The molecule has 102 valence electrons. The third-order valence-corrected chi connectivity index (χ3v) is 4.15. The number of benzene rings is 1. The summed E-state index contributed by atoms with van der Waals surface area (Å²) in [5.74, 6) is 0.0190. The number of nitrogens with two attached hydrogens (primary N) is 1. The molecule has 0 unspecified atom stereocenters. The zero-order chi connectivity index (χ0) is 13.5. The minimum Gasteiger partial charge on any atom is -0.397 e. The lowest BCUT2D eigenvalue weighted by Gasteiger charge is -2.17. The second-order valence-corrected chi connectivity index (χ2v) is 5.65. The van der Waals surface area contributed by atoms with Crippen LogP contribution in [0.1, 0.15) is 24.8 Å². The molecular formula is C14H19N3O2. The molecule has 1 heterocycles. The minimum absolute atomic E-state index is 0.0190. The number of carbonyl (C=O) groups excluding carboxylic acids is 1. The van der Waals surface area contributed by atoms with Crippen LogP contribution < -0.4 is 16.4 Å². The second kappa shape index (κ2) is 4.42. The van der Waals surface area contributed by atoms with Gasteiger partial charge in [-0.05, 0) is 42.4 Å². The van der Waals surface area contributed by atoms with Gasteiger partial charge < -0.3 is 21.5 Å². The molecule has 0 saturated heterocycles. The van der Waals surface area contributed by atoms with Crippen LogP contribution >= 0.6 is 0 Å². The first-order chi connectivity index (χ1) is 9.12. The smallest absolute Gasteiger partial charge is 0.228 e. The molecule has 0 bridgehead atoms. The Bertz CT molecular complexity index is 524. The van der Waals surface area contributed by atoms with E-state index in [0.29, 0.717) is 12.1 Å². The number of aliphatic hydroxyl groups is 1. The molecule has 1 saturated carbocycles. The first kappa shape index (κ1) is 12.3. The molecule has 1 aliphatic heterocycles. The predicted octanol–water partition coefficient (Wildman–Crippen LogP) is 1.34. The van der Waals surface area contributed by atoms with Crippen LogP contribution in [0.2, 0.25) is 0 Å². The van der Waals surface area contributed by atoms with Crippen molar-refractivity contribution in [2.24, 2.45) is 5.41 Å². The van der Waals surface area contributed by atoms with Crippen molar-refractivity contribution >= 4 is 23.0 Å². The number of aliphatic hydroxyl groups excluding tert-OH is 1. The van der Waals surface area contributed by atoms with Crippen LogP contribution in [0.4, 0.5) is 17.1 Å². The van der Waals surface area contributed by atoms with E-state index in [0.717, 1.165) is 42.7 Å². The summed E-state index contributed by atoms with van der Waals surface area (Å²) in [6.07, 6.45) is 3.56. The van der Waals surface area contributed by atoms with Crippen LogP contribution in [-0.4, -0.2) is 24.2 Å². The molecule has 1 amide bonds. The molecule has 1 aromatic carbocycles. The summed E-state index contributed by atoms with van der Waals surface area (Å²) in [4.78, 5) is 11.3. The average molecular weight is 261 g/mol. The Balaban J connectivity index is 1.72. The Morgan fingerprint density at radius 3 is 2.89 bits per heavy atom. The maximum atomic E-state index is 11.3. The van der Waals surface area contributed by atoms with Gasteiger partial charge in [0.1, 0.15) is 0 Å². The van der Waals surface area contributed by atoms with Crippen molar-refractivity contribution in [3.05, 3.63) is 17.7 Å². The number of nitrogen functional groups attached to an aromatic ring is 1. The summed E-state index contributed by atoms with van der Waals surface area (Å²) in [6, 6.07) is 3.77. The lowest BCUT2D eigenvalue weighted by atomic mass is 10.0. The van der Waals surface area contributed by atoms with E-state index in [1.54, 1.807) is 0 Å². The first-order valence-corrected chi connectivity index (χ1v) is 6.69. The van der Waals surface area contributed by atoms with E-state index in [9.17, 15) is 4.79 Å². The van der Waals surface area contributed by atoms with Gasteiger partial charge in [0.2, 0.25) is 5.91 Å². The molecule has 5 nitrogen and oxygen atoms in total. The van der Waals surface area contributed by atoms with E-state index >= 15 is 0 Å². The molecule has 2 aliphatic rings. The van der Waals surface area contributed by atoms with Crippen molar-refractivity contribution in [2.75, 3.05) is 29.5 Å². The Hall–Kier alpha value is -1.75. The predicted molar refractivity (Wildman–Crippen MR) is 75.0 cm³/mol. The number of nitrogens with one attached hydrogen (secondary N) is 2. The summed E-state index contributed by atoms with van der Waals surface area (Å²) in [5.41, 5.74) is 9.61. The highest BCUT2D eigenvalue weighted by Gasteiger charge is 2.41. The third kappa shape index (κ3) is 2.38. The van der Waals surface area contributed by atoms with Gasteiger partial charge in [0, 0.05) is 18.8 Å². The summed E-state index contributed by atoms with van der Waals surface area (Å²) < 4.78 is 0. The number of anilines is 3. The first-order valence-electron chi connectivity index (χ1n) is 6.69. The van der Waals surface area contributed by atoms with Crippen LogP contribution in [0.5, 0.6) is 0 Å². The van der Waals surface area contributed by atoms with Gasteiger partial charge in [-0.3, -0.25) is 4.79 Å². The van der Waals surface area contributed by atoms with Gasteiger partial charge in [-0.25, -0.2) is 0 Å². The van der Waals surface area contributed by atoms with Crippen molar-refractivity contribution in [1.29, 1.82) is 0 Å². The topological polar surface area (TPSA) is 87.4 Å². The highest BCUT2D eigenvalue weighted by Crippen LogP contribution is 2.48. The van der Waals surface area contributed by atoms with Crippen LogP contribution in [0, 0.1) is 5.41 Å². The lowest BCUT2D eigenvalue weighted by Crippen LogP contribution is -2.17. The second-order valence-electron chi connectivity index (χ2n) is 5.65. The van der Waals surface area contributed by atoms with Crippen LogP contribution in [0.25, 0.3) is 0 Å². The zero-order valence-electron chi connectivity index (χ0n) is 10.8. The highest BCUT2D eigenvalue weighted by atomic mass is 16.3. The lowest BCUT2D eigenvalue weighted by molar-refractivity contribution is -0.115. The van der Waals surface area contributed by atoms with Crippen molar-refractivity contribution in [3.8, 4) is 0 Å². The fraction of sp³-hybridized carbons (Fsp3) is 0.500. The summed E-state index contributed by atoms with van der Waals surface area (Å²) in [5, 5.41) is 15.2. The highest BCUT2D eigenvalue weighted by molar-refractivity contribution is 6.00. The maximum absolute atomic E-state index is 11.3. The Morgan fingerprint density at radius 1 is 1.42 bits per heavy atom. The van der Waals surface area contributed by atoms with E-state index in [1.807, 2.05) is 12.1 Å². The van der Waals surface area contributed by atoms with E-state index in [2.05, 4.69) is 10.6 Å². The molecule has 0 radical (unpaired) electrons. The number of carbonyl (C=O) groups is 1. The van der Waals surface area contributed by atoms with E-state index in [-0.39, 0.29) is 17.9 Å². The largest absolute Gasteiger partial charge is 0.397 e. The molecule has 5 N–H and O–H groups in total. The van der Waals surface area contributed by atoms with Crippen molar-refractivity contribution < 1.29 is 9.90 Å². The van der Waals surface area contributed by atoms with Gasteiger partial charge in [-0.15, -0.1) is 0 Å². The maximum Gasteiger partial charge on any atom is 0.228 e. The quantitative estimate of drug-likeness (QED) is 0.602. The van der Waals surface area contributed by atoms with Crippen molar-refractivity contribution in [2.45, 2.75) is 25.7 Å². The molecule has 19 heavy (non-hydrogen) atoms. The standard InChI is InChI=1S/C14H19N3O2/c15-10-5-9-6-13(19)17-11(9)7-12(10)16-8-14(1-2-14)3-4-18/h5,7,16,18H,1-4,6,8,15H2,(H,17,19). The summed E-state index contributed by atoms with van der Waals surface area (Å²) in [7, 11) is 0. The molecule has 1 aliphatic carbocycles. The fourth-order valence-electron chi connectivity index (χ4n) is 2.66. The Labute approximate surface area is 112 Å². The number of amides is 1. The molecule has 0 atom stereocenters. The van der Waals surface area contributed by atoms with Crippen LogP contribution in [0.3, 0.4) is 0 Å². The molecule has 0 aromatic heterocycles. The van der Waals surface area contributed by atoms with Gasteiger partial charge in [0.25, 0.3) is 0 Å². The monoisotopic (exact) mass is 261 g/mol. The Morgan fingerprint density at radius 2 is 2.21 bits per heavy atom. The SMILES string of the molecule is Nc1cc2c(cc1NCC1(CCO)CC1)NC(=O)C2. The Kier molecular flexibility index (Phi) is 2.86. The van der Waals surface area contributed by atoms with E-state index in [4.69, 9.17) is 10.8 Å². The van der Waals surface area contributed by atoms with Gasteiger partial charge in [0.05, 0.1) is 17.8 Å². The van der Waals surface area contributed by atoms with Crippen molar-refractivity contribution in [3.63, 3.8) is 0 Å². The van der Waals surface area contributed by atoms with Gasteiger partial charge in [-0.2, -0.15) is 0 Å². The zero-order valence-corrected chi connectivity index (χ0v) is 10.8. The third-order valence-electron chi connectivity index (χ3n) is 4.15. The number of rotatable bonds is 5. The summed E-state index contributed by atoms with van der Waals surface area (Å²) in [6.45, 7) is 1.06. The van der Waals surface area contributed by atoms with E-state index in [1.165, 1.54) is 0 Å². The molecule has 1 aromatic rings. The van der Waals surface area contributed by atoms with E-state index < -0.39 is 0 Å². The summed E-state index contributed by atoms with van der Waals surface area (Å²) >= 11 is 0.